The predicted octanol–water partition coefficient (Wildman–Crippen LogP) is -0.334. The highest BCUT2D eigenvalue weighted by Crippen LogP contribution is 2.28. The fraction of sp³-hybridized carbons (Fsp3) is 0.583. The quantitative estimate of drug-likeness (QED) is 0.571. The predicted molar refractivity (Wildman–Crippen MR) is 74.3 cm³/mol. The standard InChI is InChI=1S/C12H19N7/c13-12(14)17-10-7-11(16-8-15-10)19-5-3-18(4-6-19)9-1-2-9/h7-9H,1-6H2,(H4,13,14,15,16,17). The number of hydrogen-bond acceptors (Lipinski definition) is 5. The second kappa shape index (κ2) is 5.00. The Balaban J connectivity index is 1.67. The van der Waals surface area contributed by atoms with E-state index in [4.69, 9.17) is 11.5 Å². The number of nitrogens with two attached hydrogens (primary N) is 2. The zero-order valence-corrected chi connectivity index (χ0v) is 10.9. The van der Waals surface area contributed by atoms with Gasteiger partial charge in [0.25, 0.3) is 0 Å². The van der Waals surface area contributed by atoms with Crippen LogP contribution in [-0.4, -0.2) is 53.0 Å². The number of piperazine rings is 1. The third-order valence-corrected chi connectivity index (χ3v) is 3.58. The van der Waals surface area contributed by atoms with Crippen LogP contribution in [0.3, 0.4) is 0 Å². The average molecular weight is 261 g/mol. The zero-order chi connectivity index (χ0) is 13.2. The van der Waals surface area contributed by atoms with E-state index in [0.717, 1.165) is 38.0 Å². The highest BCUT2D eigenvalue weighted by molar-refractivity contribution is 5.78. The van der Waals surface area contributed by atoms with Gasteiger partial charge in [-0.3, -0.25) is 4.90 Å². The summed E-state index contributed by atoms with van der Waals surface area (Å²) in [6.07, 6.45) is 4.23. The number of nitrogens with zero attached hydrogens (tertiary/aromatic N) is 5. The second-order valence-corrected chi connectivity index (χ2v) is 5.03. The Hall–Kier alpha value is -1.89. The molecule has 7 nitrogen and oxygen atoms in total. The van der Waals surface area contributed by atoms with E-state index in [1.54, 1.807) is 0 Å². The van der Waals surface area contributed by atoms with Gasteiger partial charge in [-0.25, -0.2) is 9.97 Å². The van der Waals surface area contributed by atoms with E-state index < -0.39 is 0 Å². The number of aliphatic imine (C=N–C) groups is 1. The van der Waals surface area contributed by atoms with Crippen LogP contribution in [0.1, 0.15) is 12.8 Å². The topological polar surface area (TPSA) is 96.7 Å². The van der Waals surface area contributed by atoms with Crippen LogP contribution in [0.25, 0.3) is 0 Å². The molecule has 1 saturated carbocycles. The van der Waals surface area contributed by atoms with E-state index in [-0.39, 0.29) is 5.96 Å². The largest absolute Gasteiger partial charge is 0.370 e. The minimum absolute atomic E-state index is 0.0169. The summed E-state index contributed by atoms with van der Waals surface area (Å²) in [7, 11) is 0. The van der Waals surface area contributed by atoms with E-state index in [0.29, 0.717) is 5.82 Å². The van der Waals surface area contributed by atoms with Crippen molar-refractivity contribution in [1.29, 1.82) is 0 Å². The van der Waals surface area contributed by atoms with Crippen LogP contribution in [0, 0.1) is 0 Å². The van der Waals surface area contributed by atoms with Crippen molar-refractivity contribution in [3.8, 4) is 0 Å². The normalized spacial score (nSPS) is 20.3. The molecule has 4 N–H and O–H groups in total. The molecule has 1 aromatic rings. The van der Waals surface area contributed by atoms with E-state index in [9.17, 15) is 0 Å². The second-order valence-electron chi connectivity index (χ2n) is 5.03. The summed E-state index contributed by atoms with van der Waals surface area (Å²) in [6, 6.07) is 2.66. The van der Waals surface area contributed by atoms with Gasteiger partial charge in [0.1, 0.15) is 12.1 Å². The van der Waals surface area contributed by atoms with Crippen molar-refractivity contribution in [2.75, 3.05) is 31.1 Å². The number of aromatic nitrogens is 2. The van der Waals surface area contributed by atoms with E-state index in [2.05, 4.69) is 24.8 Å². The fourth-order valence-corrected chi connectivity index (χ4v) is 2.46. The monoisotopic (exact) mass is 261 g/mol. The van der Waals surface area contributed by atoms with Crippen LogP contribution in [0.15, 0.2) is 17.4 Å². The Morgan fingerprint density at radius 2 is 1.89 bits per heavy atom. The van der Waals surface area contributed by atoms with Crippen LogP contribution >= 0.6 is 0 Å². The number of guanidine groups is 1. The summed E-state index contributed by atoms with van der Waals surface area (Å²) in [4.78, 5) is 17.1. The minimum Gasteiger partial charge on any atom is -0.370 e. The third-order valence-electron chi connectivity index (χ3n) is 3.58. The number of hydrogen-bond donors (Lipinski definition) is 2. The van der Waals surface area contributed by atoms with Crippen molar-refractivity contribution in [2.24, 2.45) is 16.5 Å². The maximum absolute atomic E-state index is 5.36. The van der Waals surface area contributed by atoms with Crippen LogP contribution in [0.4, 0.5) is 11.6 Å². The molecule has 0 unspecified atom stereocenters. The minimum atomic E-state index is 0.0169. The first-order chi connectivity index (χ1) is 9.22. The summed E-state index contributed by atoms with van der Waals surface area (Å²) < 4.78 is 0. The molecule has 0 spiro atoms. The van der Waals surface area contributed by atoms with Gasteiger partial charge in [-0.2, -0.15) is 4.99 Å². The van der Waals surface area contributed by atoms with E-state index >= 15 is 0 Å². The number of rotatable bonds is 3. The SMILES string of the molecule is NC(N)=Nc1cc(N2CCN(C3CC3)CC2)ncn1. The van der Waals surface area contributed by atoms with E-state index in [1.807, 2.05) is 6.07 Å². The van der Waals surface area contributed by atoms with Crippen molar-refractivity contribution in [3.63, 3.8) is 0 Å². The van der Waals surface area contributed by atoms with E-state index in [1.165, 1.54) is 19.2 Å². The molecule has 1 saturated heterocycles. The summed E-state index contributed by atoms with van der Waals surface area (Å²) >= 11 is 0. The molecule has 3 rings (SSSR count). The molecule has 2 heterocycles. The first-order valence-corrected chi connectivity index (χ1v) is 6.63. The highest BCUT2D eigenvalue weighted by Gasteiger charge is 2.31. The first kappa shape index (κ1) is 12.2. The molecule has 1 aliphatic heterocycles. The van der Waals surface area contributed by atoms with Gasteiger partial charge in [-0.1, -0.05) is 0 Å². The molecule has 0 bridgehead atoms. The van der Waals surface area contributed by atoms with Crippen LogP contribution < -0.4 is 16.4 Å². The van der Waals surface area contributed by atoms with Gasteiger partial charge in [0, 0.05) is 38.3 Å². The van der Waals surface area contributed by atoms with Crippen molar-refractivity contribution in [1.82, 2.24) is 14.9 Å². The molecule has 7 heteroatoms. The van der Waals surface area contributed by atoms with Crippen molar-refractivity contribution < 1.29 is 0 Å². The molecule has 0 amide bonds. The number of anilines is 1. The molecular weight excluding hydrogens is 242 g/mol. The molecule has 0 radical (unpaired) electrons. The maximum Gasteiger partial charge on any atom is 0.192 e. The molecule has 0 atom stereocenters. The molecule has 102 valence electrons. The average Bonchev–Trinajstić information content (AvgIpc) is 3.23. The summed E-state index contributed by atoms with van der Waals surface area (Å²) in [5.74, 6) is 1.42. The summed E-state index contributed by atoms with van der Waals surface area (Å²) in [5, 5.41) is 0. The maximum atomic E-state index is 5.36. The van der Waals surface area contributed by atoms with Crippen molar-refractivity contribution in [3.05, 3.63) is 12.4 Å². The van der Waals surface area contributed by atoms with Crippen LogP contribution in [-0.2, 0) is 0 Å². The lowest BCUT2D eigenvalue weighted by atomic mass is 10.3. The summed E-state index contributed by atoms with van der Waals surface area (Å²) in [5.41, 5.74) is 10.7. The molecule has 2 fully saturated rings. The zero-order valence-electron chi connectivity index (χ0n) is 10.9. The highest BCUT2D eigenvalue weighted by atomic mass is 15.3. The lowest BCUT2D eigenvalue weighted by molar-refractivity contribution is 0.247. The van der Waals surface area contributed by atoms with Gasteiger partial charge in [-0.15, -0.1) is 0 Å². The van der Waals surface area contributed by atoms with Gasteiger partial charge in [0.15, 0.2) is 11.8 Å². The van der Waals surface area contributed by atoms with Crippen molar-refractivity contribution >= 4 is 17.6 Å². The summed E-state index contributed by atoms with van der Waals surface area (Å²) in [6.45, 7) is 4.20. The first-order valence-electron chi connectivity index (χ1n) is 6.63. The molecule has 0 aromatic carbocycles. The fourth-order valence-electron chi connectivity index (χ4n) is 2.46. The third kappa shape index (κ3) is 2.93. The Kier molecular flexibility index (Phi) is 3.20. The molecule has 2 aliphatic rings. The molecule has 19 heavy (non-hydrogen) atoms. The molecular formula is C12H19N7. The lowest BCUT2D eigenvalue weighted by Crippen LogP contribution is -2.47. The molecule has 1 aliphatic carbocycles. The van der Waals surface area contributed by atoms with Crippen LogP contribution in [0.2, 0.25) is 0 Å². The Bertz CT molecular complexity index is 471. The Morgan fingerprint density at radius 1 is 1.16 bits per heavy atom. The Labute approximate surface area is 112 Å². The Morgan fingerprint density at radius 3 is 2.53 bits per heavy atom. The van der Waals surface area contributed by atoms with Crippen LogP contribution in [0.5, 0.6) is 0 Å². The van der Waals surface area contributed by atoms with Crippen molar-refractivity contribution in [2.45, 2.75) is 18.9 Å². The van der Waals surface area contributed by atoms with Gasteiger partial charge in [0.2, 0.25) is 0 Å². The lowest BCUT2D eigenvalue weighted by Gasteiger charge is -2.35. The smallest absolute Gasteiger partial charge is 0.192 e. The van der Waals surface area contributed by atoms with Gasteiger partial charge in [0.05, 0.1) is 0 Å². The van der Waals surface area contributed by atoms with Gasteiger partial charge >= 0.3 is 0 Å². The van der Waals surface area contributed by atoms with Gasteiger partial charge in [-0.05, 0) is 12.8 Å². The molecule has 1 aromatic heterocycles. The van der Waals surface area contributed by atoms with Gasteiger partial charge < -0.3 is 16.4 Å².